The number of benzene rings is 8. The predicted octanol–water partition coefficient (Wildman–Crippen LogP) is 12.5. The van der Waals surface area contributed by atoms with Crippen LogP contribution in [0.4, 0.5) is 0 Å². The second-order valence-corrected chi connectivity index (χ2v) is 12.4. The first-order valence-corrected chi connectivity index (χ1v) is 15.6. The van der Waals surface area contributed by atoms with Crippen molar-refractivity contribution in [1.82, 2.24) is 0 Å². The van der Waals surface area contributed by atoms with E-state index in [2.05, 4.69) is 158 Å². The third-order valence-electron chi connectivity index (χ3n) is 8.83. The van der Waals surface area contributed by atoms with Gasteiger partial charge in [0.05, 0.1) is 0 Å². The van der Waals surface area contributed by atoms with E-state index in [4.69, 9.17) is 0 Å². The summed E-state index contributed by atoms with van der Waals surface area (Å²) in [5, 5.41) is 10.3. The molecule has 9 rings (SSSR count). The molecule has 1 heterocycles. The Morgan fingerprint density at radius 3 is 1.40 bits per heavy atom. The molecule has 1 heteroatoms. The maximum atomic E-state index is 2.43. The van der Waals surface area contributed by atoms with Crippen LogP contribution in [0.25, 0.3) is 85.9 Å². The van der Waals surface area contributed by atoms with Crippen molar-refractivity contribution in [2.24, 2.45) is 0 Å². The summed E-state index contributed by atoms with van der Waals surface area (Å²) in [7, 11) is 0. The minimum absolute atomic E-state index is 1.25. The first-order valence-electron chi connectivity index (χ1n) is 14.8. The first-order chi connectivity index (χ1) is 21.3. The first kappa shape index (κ1) is 24.4. The molecule has 0 radical (unpaired) electrons. The van der Waals surface area contributed by atoms with E-state index >= 15 is 0 Å². The molecular weight excluding hydrogens is 537 g/mol. The van der Waals surface area contributed by atoms with Crippen molar-refractivity contribution in [3.8, 4) is 33.4 Å². The molecule has 0 saturated carbocycles. The SMILES string of the molecule is c1ccc(-c2c3ccccc3c(-c3ccc4sc5ccc(-c6ccc7ccccc7c6)cc5c4c3)c3ccccc23)cc1. The van der Waals surface area contributed by atoms with E-state index in [1.165, 1.54) is 85.9 Å². The van der Waals surface area contributed by atoms with Gasteiger partial charge in [0.25, 0.3) is 0 Å². The zero-order valence-electron chi connectivity index (χ0n) is 23.4. The van der Waals surface area contributed by atoms with Crippen molar-refractivity contribution in [2.45, 2.75) is 0 Å². The van der Waals surface area contributed by atoms with Gasteiger partial charge in [0.2, 0.25) is 0 Å². The molecule has 0 atom stereocenters. The van der Waals surface area contributed by atoms with Crippen LogP contribution in [0.2, 0.25) is 0 Å². The Bertz CT molecular complexity index is 2440. The third kappa shape index (κ3) is 3.90. The molecule has 43 heavy (non-hydrogen) atoms. The van der Waals surface area contributed by atoms with E-state index in [-0.39, 0.29) is 0 Å². The molecule has 0 fully saturated rings. The smallest absolute Gasteiger partial charge is 0.0355 e. The van der Waals surface area contributed by atoms with Crippen LogP contribution in [-0.4, -0.2) is 0 Å². The highest BCUT2D eigenvalue weighted by molar-refractivity contribution is 7.25. The van der Waals surface area contributed by atoms with Gasteiger partial charge in [0.1, 0.15) is 0 Å². The summed E-state index contributed by atoms with van der Waals surface area (Å²) >= 11 is 1.88. The van der Waals surface area contributed by atoms with Gasteiger partial charge in [-0.15, -0.1) is 11.3 Å². The van der Waals surface area contributed by atoms with Gasteiger partial charge in [-0.25, -0.2) is 0 Å². The van der Waals surface area contributed by atoms with E-state index < -0.39 is 0 Å². The summed E-state index contributed by atoms with van der Waals surface area (Å²) < 4.78 is 2.65. The standard InChI is InChI=1S/C42H26S/c1-2-11-28(12-3-1)41-33-14-6-8-16-35(33)42(36-17-9-7-15-34(36)41)32-21-23-40-38(26-32)37-25-31(20-22-39(37)43-40)30-19-18-27-10-4-5-13-29(27)24-30/h1-26H. The quantitative estimate of drug-likeness (QED) is 0.188. The molecule has 0 spiro atoms. The van der Waals surface area contributed by atoms with Crippen molar-refractivity contribution in [3.05, 3.63) is 158 Å². The number of fused-ring (bicyclic) bond motifs is 6. The summed E-state index contributed by atoms with van der Waals surface area (Å²) in [6, 6.07) is 58.0. The lowest BCUT2D eigenvalue weighted by Crippen LogP contribution is -1.90. The Hall–Kier alpha value is -5.24. The fraction of sp³-hybridized carbons (Fsp3) is 0. The Labute approximate surface area is 254 Å². The normalized spacial score (nSPS) is 11.7. The molecule has 9 aromatic rings. The second kappa shape index (κ2) is 9.66. The topological polar surface area (TPSA) is 0 Å². The maximum Gasteiger partial charge on any atom is 0.0355 e. The van der Waals surface area contributed by atoms with Crippen LogP contribution in [0.1, 0.15) is 0 Å². The fourth-order valence-corrected chi connectivity index (χ4v) is 7.90. The van der Waals surface area contributed by atoms with Crippen molar-refractivity contribution < 1.29 is 0 Å². The van der Waals surface area contributed by atoms with E-state index in [0.717, 1.165) is 0 Å². The highest BCUT2D eigenvalue weighted by Gasteiger charge is 2.17. The van der Waals surface area contributed by atoms with Gasteiger partial charge in [-0.05, 0) is 96.0 Å². The average molecular weight is 563 g/mol. The van der Waals surface area contributed by atoms with E-state index in [9.17, 15) is 0 Å². The Balaban J connectivity index is 1.29. The summed E-state index contributed by atoms with van der Waals surface area (Å²) in [6.07, 6.45) is 0. The van der Waals surface area contributed by atoms with Crippen LogP contribution in [-0.2, 0) is 0 Å². The number of thiophene rings is 1. The monoisotopic (exact) mass is 562 g/mol. The Morgan fingerprint density at radius 1 is 0.279 bits per heavy atom. The molecule has 0 aliphatic rings. The summed E-state index contributed by atoms with van der Waals surface area (Å²) in [5.74, 6) is 0. The Kier molecular flexibility index (Phi) is 5.47. The van der Waals surface area contributed by atoms with Crippen molar-refractivity contribution in [1.29, 1.82) is 0 Å². The molecule has 8 aromatic carbocycles. The number of hydrogen-bond acceptors (Lipinski definition) is 1. The lowest BCUT2D eigenvalue weighted by Gasteiger charge is -2.17. The number of rotatable bonds is 3. The van der Waals surface area contributed by atoms with E-state index in [1.54, 1.807) is 0 Å². The number of hydrogen-bond donors (Lipinski definition) is 0. The van der Waals surface area contributed by atoms with Crippen molar-refractivity contribution in [2.75, 3.05) is 0 Å². The highest BCUT2D eigenvalue weighted by Crippen LogP contribution is 2.45. The maximum absolute atomic E-state index is 2.43. The lowest BCUT2D eigenvalue weighted by atomic mass is 9.86. The van der Waals surface area contributed by atoms with E-state index in [1.807, 2.05) is 11.3 Å². The molecule has 0 bridgehead atoms. The largest absolute Gasteiger partial charge is 0.135 e. The van der Waals surface area contributed by atoms with Gasteiger partial charge in [-0.3, -0.25) is 0 Å². The van der Waals surface area contributed by atoms with Crippen LogP contribution in [0.15, 0.2) is 158 Å². The zero-order valence-corrected chi connectivity index (χ0v) is 24.2. The van der Waals surface area contributed by atoms with Gasteiger partial charge in [-0.2, -0.15) is 0 Å². The predicted molar refractivity (Wildman–Crippen MR) is 188 cm³/mol. The molecule has 0 amide bonds. The second-order valence-electron chi connectivity index (χ2n) is 11.3. The summed E-state index contributed by atoms with van der Waals surface area (Å²) in [4.78, 5) is 0. The lowest BCUT2D eigenvalue weighted by molar-refractivity contribution is 1.66. The molecule has 0 N–H and O–H groups in total. The van der Waals surface area contributed by atoms with E-state index in [0.29, 0.717) is 0 Å². The highest BCUT2D eigenvalue weighted by atomic mass is 32.1. The van der Waals surface area contributed by atoms with Crippen LogP contribution in [0.3, 0.4) is 0 Å². The van der Waals surface area contributed by atoms with Gasteiger partial charge in [-0.1, -0.05) is 127 Å². The van der Waals surface area contributed by atoms with Crippen molar-refractivity contribution in [3.63, 3.8) is 0 Å². The summed E-state index contributed by atoms with van der Waals surface area (Å²) in [5.41, 5.74) is 7.63. The average Bonchev–Trinajstić information content (AvgIpc) is 3.44. The molecule has 0 aliphatic carbocycles. The van der Waals surface area contributed by atoms with Gasteiger partial charge < -0.3 is 0 Å². The van der Waals surface area contributed by atoms with Crippen LogP contribution in [0, 0.1) is 0 Å². The minimum atomic E-state index is 1.25. The van der Waals surface area contributed by atoms with Gasteiger partial charge >= 0.3 is 0 Å². The molecule has 0 aliphatic heterocycles. The zero-order chi connectivity index (χ0) is 28.3. The molecular formula is C42H26S. The Morgan fingerprint density at radius 2 is 0.744 bits per heavy atom. The minimum Gasteiger partial charge on any atom is -0.135 e. The molecule has 1 aromatic heterocycles. The van der Waals surface area contributed by atoms with Gasteiger partial charge in [0.15, 0.2) is 0 Å². The van der Waals surface area contributed by atoms with Crippen LogP contribution < -0.4 is 0 Å². The van der Waals surface area contributed by atoms with Crippen LogP contribution >= 0.6 is 11.3 Å². The fourth-order valence-electron chi connectivity index (χ4n) is 6.84. The molecule has 0 saturated heterocycles. The third-order valence-corrected chi connectivity index (χ3v) is 9.99. The van der Waals surface area contributed by atoms with Gasteiger partial charge in [0, 0.05) is 20.2 Å². The van der Waals surface area contributed by atoms with Crippen molar-refractivity contribution >= 4 is 63.8 Å². The molecule has 0 unspecified atom stereocenters. The molecule has 0 nitrogen and oxygen atoms in total. The van der Waals surface area contributed by atoms with Crippen LogP contribution in [0.5, 0.6) is 0 Å². The summed E-state index contributed by atoms with van der Waals surface area (Å²) in [6.45, 7) is 0. The molecule has 200 valence electrons.